The summed E-state index contributed by atoms with van der Waals surface area (Å²) < 4.78 is 5.46. The van der Waals surface area contributed by atoms with Crippen LogP contribution in [0.15, 0.2) is 34.6 Å². The second kappa shape index (κ2) is 11.3. The maximum atomic E-state index is 5.46. The Morgan fingerprint density at radius 2 is 2.07 bits per heavy atom. The molecule has 3 rings (SSSR count). The van der Waals surface area contributed by atoms with Gasteiger partial charge in [0.2, 0.25) is 0 Å². The van der Waals surface area contributed by atoms with E-state index in [9.17, 15) is 0 Å². The molecule has 2 aromatic rings. The summed E-state index contributed by atoms with van der Waals surface area (Å²) in [4.78, 5) is 12.0. The lowest BCUT2D eigenvalue weighted by atomic mass is 10.1. The largest absolute Gasteiger partial charge is 0.497 e. The van der Waals surface area contributed by atoms with Crippen LogP contribution in [0.5, 0.6) is 5.75 Å². The summed E-state index contributed by atoms with van der Waals surface area (Å²) in [5.74, 6) is 2.20. The van der Waals surface area contributed by atoms with Gasteiger partial charge in [0.15, 0.2) is 5.96 Å². The van der Waals surface area contributed by atoms with Crippen molar-refractivity contribution in [3.63, 3.8) is 0 Å². The van der Waals surface area contributed by atoms with Gasteiger partial charge < -0.3 is 15.4 Å². The maximum absolute atomic E-state index is 5.46. The average molecular weight is 430 g/mol. The van der Waals surface area contributed by atoms with Gasteiger partial charge in [0.25, 0.3) is 0 Å². The molecular formula is C23H35N5OS. The molecule has 0 radical (unpaired) electrons. The molecule has 1 aromatic carbocycles. The fourth-order valence-electron chi connectivity index (χ4n) is 3.72. The zero-order chi connectivity index (χ0) is 21.3. The van der Waals surface area contributed by atoms with E-state index in [4.69, 9.17) is 14.7 Å². The van der Waals surface area contributed by atoms with E-state index in [1.165, 1.54) is 23.4 Å². The lowest BCUT2D eigenvalue weighted by molar-refractivity contribution is 0.245. The Hall–Kier alpha value is -2.12. The highest BCUT2D eigenvalue weighted by atomic mass is 32.1. The number of benzene rings is 1. The number of methoxy groups -OCH3 is 1. The van der Waals surface area contributed by atoms with Crippen LogP contribution in [0.25, 0.3) is 0 Å². The zero-order valence-corrected chi connectivity index (χ0v) is 19.5. The van der Waals surface area contributed by atoms with Gasteiger partial charge in [0.1, 0.15) is 5.75 Å². The first-order chi connectivity index (χ1) is 14.6. The van der Waals surface area contributed by atoms with Gasteiger partial charge in [-0.2, -0.15) is 0 Å². The molecular weight excluding hydrogens is 394 g/mol. The summed E-state index contributed by atoms with van der Waals surface area (Å²) in [5, 5.41) is 10.2. The van der Waals surface area contributed by atoms with Gasteiger partial charge in [-0.1, -0.05) is 26.0 Å². The Balaban J connectivity index is 1.69. The van der Waals surface area contributed by atoms with Crippen LogP contribution in [0.3, 0.4) is 0 Å². The number of hydrogen-bond donors (Lipinski definition) is 2. The van der Waals surface area contributed by atoms with Crippen LogP contribution in [0, 0.1) is 0 Å². The van der Waals surface area contributed by atoms with E-state index >= 15 is 0 Å². The second-order valence-electron chi connectivity index (χ2n) is 7.94. The Morgan fingerprint density at radius 1 is 1.27 bits per heavy atom. The number of ether oxygens (including phenoxy) is 1. The van der Waals surface area contributed by atoms with E-state index in [0.29, 0.717) is 18.5 Å². The molecule has 164 valence electrons. The molecule has 1 unspecified atom stereocenters. The van der Waals surface area contributed by atoms with Crippen LogP contribution in [0.2, 0.25) is 0 Å². The van der Waals surface area contributed by atoms with Gasteiger partial charge in [-0.15, -0.1) is 11.3 Å². The first kappa shape index (κ1) is 22.6. The van der Waals surface area contributed by atoms with Crippen LogP contribution in [-0.4, -0.2) is 49.1 Å². The molecule has 0 bridgehead atoms. The van der Waals surface area contributed by atoms with E-state index < -0.39 is 0 Å². The molecule has 0 spiro atoms. The Kier molecular flexibility index (Phi) is 8.51. The predicted octanol–water partition coefficient (Wildman–Crippen LogP) is 4.17. The van der Waals surface area contributed by atoms with E-state index in [1.807, 2.05) is 6.07 Å². The van der Waals surface area contributed by atoms with Crippen molar-refractivity contribution in [2.45, 2.75) is 52.1 Å². The molecule has 1 atom stereocenters. The summed E-state index contributed by atoms with van der Waals surface area (Å²) in [7, 11) is 1.72. The third-order valence-electron chi connectivity index (χ3n) is 5.33. The predicted molar refractivity (Wildman–Crippen MR) is 126 cm³/mol. The summed E-state index contributed by atoms with van der Waals surface area (Å²) in [6.45, 7) is 10.9. The van der Waals surface area contributed by atoms with Gasteiger partial charge in [-0.05, 0) is 50.6 Å². The monoisotopic (exact) mass is 429 g/mol. The van der Waals surface area contributed by atoms with Crippen molar-refractivity contribution in [1.82, 2.24) is 20.5 Å². The first-order valence-corrected chi connectivity index (χ1v) is 11.8. The number of rotatable bonds is 9. The molecule has 30 heavy (non-hydrogen) atoms. The maximum Gasteiger partial charge on any atom is 0.191 e. The molecule has 1 aliphatic rings. The van der Waals surface area contributed by atoms with Crippen molar-refractivity contribution < 1.29 is 4.74 Å². The number of nitrogens with zero attached hydrogens (tertiary/aromatic N) is 3. The number of thiazole rings is 1. The van der Waals surface area contributed by atoms with Crippen molar-refractivity contribution in [3.8, 4) is 5.75 Å². The highest BCUT2D eigenvalue weighted by Gasteiger charge is 2.24. The van der Waals surface area contributed by atoms with Gasteiger partial charge in [0, 0.05) is 24.4 Å². The molecule has 2 N–H and O–H groups in total. The van der Waals surface area contributed by atoms with Crippen LogP contribution in [0.1, 0.15) is 61.8 Å². The van der Waals surface area contributed by atoms with E-state index in [2.05, 4.69) is 59.9 Å². The average Bonchev–Trinajstić information content (AvgIpc) is 3.45. The molecule has 6 nitrogen and oxygen atoms in total. The van der Waals surface area contributed by atoms with Crippen LogP contribution < -0.4 is 15.4 Å². The normalized spacial score (nSPS) is 16.1. The number of aliphatic imine (C=N–C) groups is 1. The van der Waals surface area contributed by atoms with Crippen LogP contribution >= 0.6 is 11.3 Å². The molecule has 1 saturated heterocycles. The van der Waals surface area contributed by atoms with Crippen molar-refractivity contribution >= 4 is 17.3 Å². The Bertz CT molecular complexity index is 813. The fourth-order valence-corrected chi connectivity index (χ4v) is 4.54. The number of likely N-dealkylation sites (tertiary alicyclic amines) is 1. The highest BCUT2D eigenvalue weighted by molar-refractivity contribution is 7.09. The highest BCUT2D eigenvalue weighted by Crippen LogP contribution is 2.27. The van der Waals surface area contributed by atoms with Crippen molar-refractivity contribution in [2.24, 2.45) is 4.99 Å². The number of nitrogens with one attached hydrogen (secondary N) is 2. The van der Waals surface area contributed by atoms with E-state index in [0.717, 1.165) is 43.6 Å². The lowest BCUT2D eigenvalue weighted by Gasteiger charge is -2.29. The second-order valence-corrected chi connectivity index (χ2v) is 8.83. The number of hydrogen-bond acceptors (Lipinski definition) is 5. The minimum atomic E-state index is 0.290. The minimum Gasteiger partial charge on any atom is -0.497 e. The standard InChI is InChI=1S/C23H35N5OS/c1-5-24-23(25-14-19-16-30-22(27-19)17(2)3)26-15-21(28-11-6-7-12-28)18-9-8-10-20(13-18)29-4/h8-10,13,16-17,21H,5-7,11-12,14-15H2,1-4H3,(H2,24,25,26). The lowest BCUT2D eigenvalue weighted by Crippen LogP contribution is -2.42. The van der Waals surface area contributed by atoms with E-state index in [-0.39, 0.29) is 0 Å². The van der Waals surface area contributed by atoms with Crippen LogP contribution in [-0.2, 0) is 6.54 Å². The summed E-state index contributed by atoms with van der Waals surface area (Å²) in [6.07, 6.45) is 2.52. The molecule has 2 heterocycles. The third kappa shape index (κ3) is 6.19. The zero-order valence-electron chi connectivity index (χ0n) is 18.6. The third-order valence-corrected chi connectivity index (χ3v) is 6.52. The molecule has 1 aromatic heterocycles. The number of guanidine groups is 1. The minimum absolute atomic E-state index is 0.290. The SMILES string of the molecule is CCNC(=NCc1csc(C(C)C)n1)NCC(c1cccc(OC)c1)N1CCCC1. The van der Waals surface area contributed by atoms with Crippen molar-refractivity contribution in [2.75, 3.05) is 33.3 Å². The van der Waals surface area contributed by atoms with Crippen molar-refractivity contribution in [3.05, 3.63) is 45.9 Å². The quantitative estimate of drug-likeness (QED) is 0.463. The summed E-state index contributed by atoms with van der Waals surface area (Å²) in [6, 6.07) is 8.71. The van der Waals surface area contributed by atoms with Gasteiger partial charge in [-0.3, -0.25) is 4.90 Å². The topological polar surface area (TPSA) is 61.8 Å². The molecule has 0 amide bonds. The molecule has 0 saturated carbocycles. The van der Waals surface area contributed by atoms with Crippen molar-refractivity contribution in [1.29, 1.82) is 0 Å². The van der Waals surface area contributed by atoms with Gasteiger partial charge >= 0.3 is 0 Å². The molecule has 1 fully saturated rings. The van der Waals surface area contributed by atoms with Crippen LogP contribution in [0.4, 0.5) is 0 Å². The smallest absolute Gasteiger partial charge is 0.191 e. The molecule has 1 aliphatic heterocycles. The summed E-state index contributed by atoms with van der Waals surface area (Å²) >= 11 is 1.72. The van der Waals surface area contributed by atoms with Gasteiger partial charge in [0.05, 0.1) is 30.4 Å². The number of aromatic nitrogens is 1. The Labute approximate surface area is 184 Å². The fraction of sp³-hybridized carbons (Fsp3) is 0.565. The first-order valence-electron chi connectivity index (χ1n) is 10.9. The molecule has 7 heteroatoms. The van der Waals surface area contributed by atoms with Gasteiger partial charge in [-0.25, -0.2) is 9.98 Å². The van der Waals surface area contributed by atoms with E-state index in [1.54, 1.807) is 18.4 Å². The molecule has 0 aliphatic carbocycles. The Morgan fingerprint density at radius 3 is 2.73 bits per heavy atom. The summed E-state index contributed by atoms with van der Waals surface area (Å²) in [5.41, 5.74) is 2.31.